The maximum Gasteiger partial charge on any atom is 0.160 e. The van der Waals surface area contributed by atoms with E-state index in [1.165, 1.54) is 5.39 Å². The lowest BCUT2D eigenvalue weighted by Gasteiger charge is -2.11. The van der Waals surface area contributed by atoms with Gasteiger partial charge in [-0.25, -0.2) is 9.97 Å². The molecule has 188 valence electrons. The Balaban J connectivity index is 1.37. The van der Waals surface area contributed by atoms with E-state index in [1.54, 1.807) is 12.4 Å². The molecule has 3 nitrogen and oxygen atoms in total. The molecule has 0 unspecified atom stereocenters. The van der Waals surface area contributed by atoms with Crippen molar-refractivity contribution in [2.45, 2.75) is 0 Å². The first-order valence-electron chi connectivity index (χ1n) is 15.4. The molecule has 0 saturated heterocycles. The first-order valence-corrected chi connectivity index (χ1v) is 12.9. The fraction of sp³-hybridized carbons (Fsp3) is 0. The average molecular weight is 517 g/mol. The van der Waals surface area contributed by atoms with Crippen LogP contribution in [0.5, 0.6) is 0 Å². The summed E-state index contributed by atoms with van der Waals surface area (Å²) in [6.07, 6.45) is 3.52. The number of pyridine rings is 1. The summed E-state index contributed by atoms with van der Waals surface area (Å²) in [4.78, 5) is 13.8. The van der Waals surface area contributed by atoms with Gasteiger partial charge in [0.1, 0.15) is 0 Å². The molecule has 2 aromatic heterocycles. The zero-order valence-corrected chi connectivity index (χ0v) is 21.4. The molecule has 0 aliphatic heterocycles. The summed E-state index contributed by atoms with van der Waals surface area (Å²) in [6, 6.07) is 34.2. The number of hydrogen-bond acceptors (Lipinski definition) is 3. The minimum atomic E-state index is -0.460. The smallest absolute Gasteiger partial charge is 0.160 e. The maximum absolute atomic E-state index is 8.59. The third kappa shape index (κ3) is 4.77. The summed E-state index contributed by atoms with van der Waals surface area (Å²) in [5.74, 6) is 0.0601. The number of benzene rings is 5. The second-order valence-electron chi connectivity index (χ2n) is 9.42. The molecule has 0 atom stereocenters. The molecular weight excluding hydrogens is 486 g/mol. The van der Waals surface area contributed by atoms with Gasteiger partial charge in [-0.3, -0.25) is 4.98 Å². The van der Waals surface area contributed by atoms with Crippen LogP contribution in [0.4, 0.5) is 0 Å². The Hall–Kier alpha value is -5.41. The molecular formula is C37H25N3. The van der Waals surface area contributed by atoms with Gasteiger partial charge >= 0.3 is 0 Å². The van der Waals surface area contributed by atoms with Crippen LogP contribution in [0, 0.1) is 0 Å². The molecule has 3 heteroatoms. The van der Waals surface area contributed by atoms with Crippen LogP contribution in [-0.2, 0) is 0 Å². The van der Waals surface area contributed by atoms with Gasteiger partial charge in [0.15, 0.2) is 5.82 Å². The summed E-state index contributed by atoms with van der Waals surface area (Å²) in [6.45, 7) is 0. The average Bonchev–Trinajstić information content (AvgIpc) is 3.10. The van der Waals surface area contributed by atoms with E-state index in [4.69, 9.17) is 16.8 Å². The highest BCUT2D eigenvalue weighted by Crippen LogP contribution is 2.31. The van der Waals surface area contributed by atoms with Crippen LogP contribution in [-0.4, -0.2) is 15.0 Å². The number of fused-ring (bicyclic) bond motifs is 1. The normalized spacial score (nSPS) is 12.8. The van der Waals surface area contributed by atoms with Crippen LogP contribution in [0.2, 0.25) is 0 Å². The molecule has 0 spiro atoms. The van der Waals surface area contributed by atoms with Gasteiger partial charge in [0.05, 0.1) is 18.2 Å². The second kappa shape index (κ2) is 10.4. The molecule has 40 heavy (non-hydrogen) atoms. The van der Waals surface area contributed by atoms with Crippen LogP contribution in [0.25, 0.3) is 66.9 Å². The molecule has 0 bridgehead atoms. The number of aromatic nitrogens is 3. The third-order valence-corrected chi connectivity index (χ3v) is 6.87. The Morgan fingerprint density at radius 2 is 1.12 bits per heavy atom. The summed E-state index contributed by atoms with van der Waals surface area (Å²) in [7, 11) is 0. The Kier molecular flexibility index (Phi) is 4.88. The van der Waals surface area contributed by atoms with Crippen molar-refractivity contribution in [2.75, 3.05) is 0 Å². The molecule has 7 aromatic rings. The van der Waals surface area contributed by atoms with Crippen molar-refractivity contribution in [2.24, 2.45) is 0 Å². The van der Waals surface area contributed by atoms with Crippen LogP contribution < -0.4 is 0 Å². The number of rotatable bonds is 5. The summed E-state index contributed by atoms with van der Waals surface area (Å²) < 4.78 is 41.7. The highest BCUT2D eigenvalue weighted by atomic mass is 14.9. The monoisotopic (exact) mass is 516 g/mol. The molecule has 0 N–H and O–H groups in total. The van der Waals surface area contributed by atoms with E-state index < -0.39 is 18.1 Å². The van der Waals surface area contributed by atoms with Crippen molar-refractivity contribution in [3.63, 3.8) is 0 Å². The highest BCUT2D eigenvalue weighted by molar-refractivity contribution is 5.87. The van der Waals surface area contributed by atoms with Crippen molar-refractivity contribution in [1.29, 1.82) is 0 Å². The van der Waals surface area contributed by atoms with Gasteiger partial charge in [0.25, 0.3) is 0 Å². The first-order chi connectivity index (χ1) is 21.9. The third-order valence-electron chi connectivity index (χ3n) is 6.87. The predicted octanol–water partition coefficient (Wildman–Crippen LogP) is 9.36. The fourth-order valence-corrected chi connectivity index (χ4v) is 4.81. The zero-order valence-electron chi connectivity index (χ0n) is 26.4. The lowest BCUT2D eigenvalue weighted by atomic mass is 9.99. The summed E-state index contributed by atoms with van der Waals surface area (Å²) >= 11 is 0. The van der Waals surface area contributed by atoms with Crippen LogP contribution in [0.15, 0.2) is 152 Å². The highest BCUT2D eigenvalue weighted by Gasteiger charge is 2.12. The van der Waals surface area contributed by atoms with E-state index in [-0.39, 0.29) is 23.5 Å². The second-order valence-corrected chi connectivity index (χ2v) is 9.42. The minimum Gasteiger partial charge on any atom is -0.264 e. The van der Waals surface area contributed by atoms with Gasteiger partial charge in [-0.15, -0.1) is 0 Å². The Labute approximate surface area is 240 Å². The molecule has 0 amide bonds. The lowest BCUT2D eigenvalue weighted by molar-refractivity contribution is 1.18. The van der Waals surface area contributed by atoms with E-state index in [0.717, 1.165) is 38.8 Å². The zero-order chi connectivity index (χ0) is 31.1. The van der Waals surface area contributed by atoms with E-state index in [9.17, 15) is 0 Å². The predicted molar refractivity (Wildman–Crippen MR) is 165 cm³/mol. The first kappa shape index (κ1) is 18.8. The van der Waals surface area contributed by atoms with Crippen molar-refractivity contribution in [1.82, 2.24) is 15.0 Å². The van der Waals surface area contributed by atoms with E-state index in [0.29, 0.717) is 11.4 Å². The van der Waals surface area contributed by atoms with Gasteiger partial charge in [-0.05, 0) is 51.7 Å². The molecule has 5 aromatic carbocycles. The topological polar surface area (TPSA) is 38.7 Å². The van der Waals surface area contributed by atoms with Gasteiger partial charge < -0.3 is 0 Å². The fourth-order valence-electron chi connectivity index (χ4n) is 4.81. The summed E-state index contributed by atoms with van der Waals surface area (Å²) in [5.41, 5.74) is 6.73. The van der Waals surface area contributed by atoms with Crippen molar-refractivity contribution < 1.29 is 6.85 Å². The van der Waals surface area contributed by atoms with Gasteiger partial charge in [-0.1, -0.05) is 115 Å². The van der Waals surface area contributed by atoms with Gasteiger partial charge in [0, 0.05) is 34.6 Å². The van der Waals surface area contributed by atoms with Crippen LogP contribution >= 0.6 is 0 Å². The van der Waals surface area contributed by atoms with Crippen molar-refractivity contribution in [3.05, 3.63) is 152 Å². The van der Waals surface area contributed by atoms with Crippen molar-refractivity contribution >= 4 is 10.8 Å². The van der Waals surface area contributed by atoms with E-state index in [1.807, 2.05) is 78.9 Å². The molecule has 0 radical (unpaired) electrons. The maximum atomic E-state index is 8.59. The molecule has 2 heterocycles. The Morgan fingerprint density at radius 3 is 1.93 bits per heavy atom. The van der Waals surface area contributed by atoms with Crippen LogP contribution in [0.3, 0.4) is 0 Å². The summed E-state index contributed by atoms with van der Waals surface area (Å²) in [5, 5.41) is 2.34. The molecule has 7 rings (SSSR count). The Morgan fingerprint density at radius 1 is 0.450 bits per heavy atom. The molecule has 0 aliphatic rings. The quantitative estimate of drug-likeness (QED) is 0.229. The SMILES string of the molecule is [2H]c1c([2H])c([2H])c(-c2nc(-c3ccc(-c4ccc5ccccc5c4)cc3)cc(-c3cccc(-c4cccnc4)c3)n2)c([2H])c1[2H]. The van der Waals surface area contributed by atoms with Crippen LogP contribution in [0.1, 0.15) is 6.85 Å². The van der Waals surface area contributed by atoms with Gasteiger partial charge in [-0.2, -0.15) is 0 Å². The molecule has 0 fully saturated rings. The standard InChI is InChI=1S/C37H25N3/c1-2-9-29(10-3-1)37-39-35(24-36(40-37)33-13-6-12-31(23-33)34-14-7-21-38-25-34)28-18-15-27(16-19-28)32-20-17-26-8-4-5-11-30(26)22-32/h1-25H/i1D,2D,3D,9D,10D. The number of hydrogen-bond donors (Lipinski definition) is 0. The largest absolute Gasteiger partial charge is 0.264 e. The molecule has 0 aliphatic carbocycles. The van der Waals surface area contributed by atoms with E-state index >= 15 is 0 Å². The number of nitrogens with zero attached hydrogens (tertiary/aromatic N) is 3. The Bertz CT molecular complexity index is 2190. The minimum absolute atomic E-state index is 0.0414. The van der Waals surface area contributed by atoms with Gasteiger partial charge in [0.2, 0.25) is 0 Å². The lowest BCUT2D eigenvalue weighted by Crippen LogP contribution is -1.96. The molecule has 0 saturated carbocycles. The van der Waals surface area contributed by atoms with E-state index in [2.05, 4.69) is 35.3 Å². The van der Waals surface area contributed by atoms with Crippen molar-refractivity contribution in [3.8, 4) is 56.2 Å².